The quantitative estimate of drug-likeness (QED) is 0.735. The number of benzene rings is 1. The first-order chi connectivity index (χ1) is 9.22. The van der Waals surface area contributed by atoms with Crippen LogP contribution in [0.1, 0.15) is 18.4 Å². The van der Waals surface area contributed by atoms with Crippen LogP contribution in [0.5, 0.6) is 0 Å². The van der Waals surface area contributed by atoms with Gasteiger partial charge < -0.3 is 4.90 Å². The number of hydrogen-bond donors (Lipinski definition) is 0. The van der Waals surface area contributed by atoms with E-state index in [1.54, 1.807) is 0 Å². The minimum Gasteiger partial charge on any atom is -0.351 e. The van der Waals surface area contributed by atoms with Gasteiger partial charge in [-0.15, -0.1) is 0 Å². The van der Waals surface area contributed by atoms with Gasteiger partial charge in [-0.1, -0.05) is 28.1 Å². The summed E-state index contributed by atoms with van der Waals surface area (Å²) in [6, 6.07) is 7.91. The van der Waals surface area contributed by atoms with Gasteiger partial charge in [0.15, 0.2) is 5.17 Å². The number of carbonyl (C=O) groups is 1. The Balaban J connectivity index is 1.77. The second kappa shape index (κ2) is 5.51. The molecule has 0 unspecified atom stereocenters. The molecule has 0 bridgehead atoms. The van der Waals surface area contributed by atoms with Crippen molar-refractivity contribution < 1.29 is 4.79 Å². The molecule has 0 radical (unpaired) electrons. The molecule has 98 valence electrons. The number of carbonyl (C=O) groups excluding carboxylic acids is 1. The summed E-state index contributed by atoms with van der Waals surface area (Å²) in [5.74, 6) is -0.116. The highest BCUT2D eigenvalue weighted by atomic mass is 79.9. The van der Waals surface area contributed by atoms with Crippen LogP contribution in [0.25, 0.3) is 6.08 Å². The first-order valence-corrected chi connectivity index (χ1v) is 7.86. The predicted molar refractivity (Wildman–Crippen MR) is 83.0 cm³/mol. The second-order valence-electron chi connectivity index (χ2n) is 4.56. The summed E-state index contributed by atoms with van der Waals surface area (Å²) in [5, 5.41) is 0.867. The van der Waals surface area contributed by atoms with Gasteiger partial charge in [-0.25, -0.2) is 0 Å². The van der Waals surface area contributed by atoms with Crippen molar-refractivity contribution in [3.8, 4) is 0 Å². The van der Waals surface area contributed by atoms with E-state index in [0.29, 0.717) is 4.91 Å². The van der Waals surface area contributed by atoms with Crippen LogP contribution in [-0.4, -0.2) is 29.1 Å². The van der Waals surface area contributed by atoms with E-state index in [4.69, 9.17) is 0 Å². The van der Waals surface area contributed by atoms with Gasteiger partial charge in [-0.2, -0.15) is 4.99 Å². The summed E-state index contributed by atoms with van der Waals surface area (Å²) in [6.45, 7) is 2.04. The van der Waals surface area contributed by atoms with Crippen LogP contribution in [0.15, 0.2) is 38.6 Å². The number of aliphatic imine (C=N–C) groups is 1. The molecule has 0 aromatic heterocycles. The van der Waals surface area contributed by atoms with Gasteiger partial charge in [0.25, 0.3) is 5.91 Å². The molecule has 1 aromatic rings. The van der Waals surface area contributed by atoms with Gasteiger partial charge >= 0.3 is 0 Å². The Kier molecular flexibility index (Phi) is 3.75. The van der Waals surface area contributed by atoms with E-state index >= 15 is 0 Å². The molecule has 1 saturated heterocycles. The van der Waals surface area contributed by atoms with Crippen LogP contribution in [0.2, 0.25) is 0 Å². The van der Waals surface area contributed by atoms with Crippen LogP contribution >= 0.6 is 27.7 Å². The maximum atomic E-state index is 11.9. The SMILES string of the molecule is O=C1N=C(N2CCCC2)S/C1=C\c1ccc(Br)cc1. The van der Waals surface area contributed by atoms with Crippen molar-refractivity contribution in [2.24, 2.45) is 4.99 Å². The van der Waals surface area contributed by atoms with Crippen molar-refractivity contribution in [1.29, 1.82) is 0 Å². The van der Waals surface area contributed by atoms with E-state index in [-0.39, 0.29) is 5.91 Å². The lowest BCUT2D eigenvalue weighted by molar-refractivity contribution is -0.113. The van der Waals surface area contributed by atoms with Crippen LogP contribution in [-0.2, 0) is 4.79 Å². The number of amidine groups is 1. The van der Waals surface area contributed by atoms with Crippen molar-refractivity contribution in [2.45, 2.75) is 12.8 Å². The molecule has 0 saturated carbocycles. The molecule has 3 rings (SSSR count). The van der Waals surface area contributed by atoms with Crippen molar-refractivity contribution in [2.75, 3.05) is 13.1 Å². The Morgan fingerprint density at radius 1 is 1.21 bits per heavy atom. The Labute approximate surface area is 124 Å². The molecule has 0 atom stereocenters. The third-order valence-corrected chi connectivity index (χ3v) is 4.73. The molecule has 1 fully saturated rings. The first kappa shape index (κ1) is 12.9. The lowest BCUT2D eigenvalue weighted by atomic mass is 10.2. The molecular formula is C14H13BrN2OS. The lowest BCUT2D eigenvalue weighted by Gasteiger charge is -2.14. The Bertz CT molecular complexity index is 559. The first-order valence-electron chi connectivity index (χ1n) is 6.25. The largest absolute Gasteiger partial charge is 0.351 e. The number of hydrogen-bond acceptors (Lipinski definition) is 3. The second-order valence-corrected chi connectivity index (χ2v) is 6.48. The van der Waals surface area contributed by atoms with E-state index < -0.39 is 0 Å². The van der Waals surface area contributed by atoms with E-state index in [0.717, 1.165) is 28.3 Å². The van der Waals surface area contributed by atoms with Crippen LogP contribution < -0.4 is 0 Å². The van der Waals surface area contributed by atoms with Gasteiger partial charge in [0.2, 0.25) is 0 Å². The van der Waals surface area contributed by atoms with E-state index in [2.05, 4.69) is 25.8 Å². The van der Waals surface area contributed by atoms with E-state index in [9.17, 15) is 4.79 Å². The lowest BCUT2D eigenvalue weighted by Crippen LogP contribution is -2.23. The van der Waals surface area contributed by atoms with Crippen molar-refractivity contribution in [1.82, 2.24) is 4.90 Å². The molecular weight excluding hydrogens is 324 g/mol. The highest BCUT2D eigenvalue weighted by Crippen LogP contribution is 2.31. The number of thioether (sulfide) groups is 1. The zero-order valence-electron chi connectivity index (χ0n) is 10.3. The molecule has 1 aromatic carbocycles. The number of amides is 1. The molecule has 2 heterocycles. The van der Waals surface area contributed by atoms with Crippen molar-refractivity contribution in [3.63, 3.8) is 0 Å². The molecule has 2 aliphatic heterocycles. The maximum absolute atomic E-state index is 11.9. The van der Waals surface area contributed by atoms with E-state index in [1.165, 1.54) is 24.6 Å². The average molecular weight is 337 g/mol. The van der Waals surface area contributed by atoms with Crippen LogP contribution in [0.3, 0.4) is 0 Å². The maximum Gasteiger partial charge on any atom is 0.286 e. The summed E-state index contributed by atoms with van der Waals surface area (Å²) >= 11 is 4.89. The zero-order chi connectivity index (χ0) is 13.2. The smallest absolute Gasteiger partial charge is 0.286 e. The zero-order valence-corrected chi connectivity index (χ0v) is 12.7. The summed E-state index contributed by atoms with van der Waals surface area (Å²) < 4.78 is 1.04. The van der Waals surface area contributed by atoms with Crippen LogP contribution in [0.4, 0.5) is 0 Å². The highest BCUT2D eigenvalue weighted by Gasteiger charge is 2.27. The third kappa shape index (κ3) is 2.92. The molecule has 2 aliphatic rings. The summed E-state index contributed by atoms with van der Waals surface area (Å²) in [5.41, 5.74) is 1.02. The topological polar surface area (TPSA) is 32.7 Å². The Morgan fingerprint density at radius 2 is 1.89 bits per heavy atom. The van der Waals surface area contributed by atoms with Gasteiger partial charge in [-0.3, -0.25) is 4.79 Å². The van der Waals surface area contributed by atoms with E-state index in [1.807, 2.05) is 30.3 Å². The fourth-order valence-electron chi connectivity index (χ4n) is 2.15. The van der Waals surface area contributed by atoms with Crippen molar-refractivity contribution in [3.05, 3.63) is 39.2 Å². The Morgan fingerprint density at radius 3 is 2.58 bits per heavy atom. The molecule has 0 N–H and O–H groups in total. The summed E-state index contributed by atoms with van der Waals surface area (Å²) in [4.78, 5) is 19.0. The van der Waals surface area contributed by atoms with Gasteiger partial charge in [0, 0.05) is 17.6 Å². The molecule has 19 heavy (non-hydrogen) atoms. The monoisotopic (exact) mass is 336 g/mol. The van der Waals surface area contributed by atoms with Gasteiger partial charge in [0.1, 0.15) is 0 Å². The summed E-state index contributed by atoms with van der Waals surface area (Å²) in [6.07, 6.45) is 4.30. The fraction of sp³-hybridized carbons (Fsp3) is 0.286. The standard InChI is InChI=1S/C14H13BrN2OS/c15-11-5-3-10(4-6-11)9-12-13(18)16-14(19-12)17-7-1-2-8-17/h3-6,9H,1-2,7-8H2/b12-9-. The average Bonchev–Trinajstić information content (AvgIpc) is 3.03. The van der Waals surface area contributed by atoms with Crippen molar-refractivity contribution >= 4 is 44.8 Å². The highest BCUT2D eigenvalue weighted by molar-refractivity contribution is 9.10. The number of halogens is 1. The molecule has 0 aliphatic carbocycles. The van der Waals surface area contributed by atoms with Gasteiger partial charge in [-0.05, 0) is 48.4 Å². The predicted octanol–water partition coefficient (Wildman–Crippen LogP) is 3.52. The molecule has 1 amide bonds. The number of nitrogens with zero attached hydrogens (tertiary/aromatic N) is 2. The normalized spacial score (nSPS) is 21.3. The third-order valence-electron chi connectivity index (χ3n) is 3.15. The Hall–Kier alpha value is -1.07. The summed E-state index contributed by atoms with van der Waals surface area (Å²) in [7, 11) is 0. The fourth-order valence-corrected chi connectivity index (χ4v) is 3.38. The number of rotatable bonds is 1. The minimum atomic E-state index is -0.116. The molecule has 5 heteroatoms. The van der Waals surface area contributed by atoms with Gasteiger partial charge in [0.05, 0.1) is 4.91 Å². The molecule has 3 nitrogen and oxygen atoms in total. The molecule has 0 spiro atoms. The number of likely N-dealkylation sites (tertiary alicyclic amines) is 1. The van der Waals surface area contributed by atoms with Crippen LogP contribution in [0, 0.1) is 0 Å². The minimum absolute atomic E-state index is 0.116.